The van der Waals surface area contributed by atoms with E-state index in [0.29, 0.717) is 51.6 Å². The summed E-state index contributed by atoms with van der Waals surface area (Å²) in [4.78, 5) is 29.6. The second-order valence-corrected chi connectivity index (χ2v) is 10.9. The van der Waals surface area contributed by atoms with Gasteiger partial charge in [-0.2, -0.15) is 5.10 Å². The van der Waals surface area contributed by atoms with Crippen molar-refractivity contribution in [2.45, 2.75) is 50.6 Å². The minimum absolute atomic E-state index is 0.00839. The minimum Gasteiger partial charge on any atom is -0.346 e. The molecule has 1 unspecified atom stereocenters. The summed E-state index contributed by atoms with van der Waals surface area (Å²) >= 11 is 0. The fourth-order valence-electron chi connectivity index (χ4n) is 6.21. The summed E-state index contributed by atoms with van der Waals surface area (Å²) in [7, 11) is 0. The summed E-state index contributed by atoms with van der Waals surface area (Å²) in [6, 6.07) is 6.10. The quantitative estimate of drug-likeness (QED) is 0.235. The number of aromatic amines is 1. The Hall–Kier alpha value is -4.61. The number of aromatic nitrogens is 6. The Kier molecular flexibility index (Phi) is 6.47. The van der Waals surface area contributed by atoms with Crippen LogP contribution in [0.3, 0.4) is 0 Å². The Labute approximate surface area is 237 Å². The number of halogens is 4. The average Bonchev–Trinajstić information content (AvgIpc) is 3.43. The van der Waals surface area contributed by atoms with Gasteiger partial charge in [-0.05, 0) is 61.4 Å². The number of nitrogens with zero attached hydrogens (tertiary/aromatic N) is 5. The van der Waals surface area contributed by atoms with E-state index < -0.39 is 30.0 Å². The lowest BCUT2D eigenvalue weighted by Gasteiger charge is -2.22. The van der Waals surface area contributed by atoms with Gasteiger partial charge in [0.05, 0.1) is 11.7 Å². The van der Waals surface area contributed by atoms with Crippen molar-refractivity contribution in [1.82, 2.24) is 35.0 Å². The van der Waals surface area contributed by atoms with Crippen LogP contribution in [0, 0.1) is 17.6 Å². The normalized spacial score (nSPS) is 18.1. The van der Waals surface area contributed by atoms with Gasteiger partial charge in [-0.15, -0.1) is 0 Å². The molecule has 12 heteroatoms. The Morgan fingerprint density at radius 2 is 1.93 bits per heavy atom. The molecular formula is C30H25F4N7O. The number of hydrogen-bond acceptors (Lipinski definition) is 5. The average molecular weight is 576 g/mol. The van der Waals surface area contributed by atoms with E-state index in [-0.39, 0.29) is 24.6 Å². The molecule has 2 N–H and O–H groups in total. The lowest BCUT2D eigenvalue weighted by Crippen LogP contribution is -2.34. The number of rotatable bonds is 8. The van der Waals surface area contributed by atoms with E-state index in [2.05, 4.69) is 30.4 Å². The zero-order valence-electron chi connectivity index (χ0n) is 22.2. The number of nitrogens with one attached hydrogen (secondary N) is 2. The van der Waals surface area contributed by atoms with Crippen molar-refractivity contribution in [1.29, 1.82) is 0 Å². The van der Waals surface area contributed by atoms with Gasteiger partial charge < -0.3 is 10.3 Å². The molecule has 1 fully saturated rings. The van der Waals surface area contributed by atoms with Gasteiger partial charge in [-0.3, -0.25) is 9.48 Å². The Morgan fingerprint density at radius 1 is 1.10 bits per heavy atom. The molecule has 4 aromatic heterocycles. The number of pyridine rings is 1. The van der Waals surface area contributed by atoms with E-state index in [9.17, 15) is 22.4 Å². The lowest BCUT2D eigenvalue weighted by atomic mass is 9.95. The molecule has 1 saturated carbocycles. The highest BCUT2D eigenvalue weighted by Gasteiger charge is 2.46. The van der Waals surface area contributed by atoms with Crippen molar-refractivity contribution in [3.8, 4) is 11.1 Å². The molecule has 4 heterocycles. The van der Waals surface area contributed by atoms with E-state index in [1.165, 1.54) is 23.1 Å². The Morgan fingerprint density at radius 3 is 2.74 bits per heavy atom. The van der Waals surface area contributed by atoms with Crippen LogP contribution in [0.2, 0.25) is 0 Å². The van der Waals surface area contributed by atoms with Crippen LogP contribution in [0.5, 0.6) is 0 Å². The van der Waals surface area contributed by atoms with Gasteiger partial charge in [-0.1, -0.05) is 0 Å². The van der Waals surface area contributed by atoms with Crippen LogP contribution in [0.15, 0.2) is 55.2 Å². The molecule has 7 rings (SSSR count). The summed E-state index contributed by atoms with van der Waals surface area (Å²) < 4.78 is 57.3. The number of amides is 1. The first-order valence-electron chi connectivity index (χ1n) is 13.7. The fourth-order valence-corrected chi connectivity index (χ4v) is 6.21. The van der Waals surface area contributed by atoms with Crippen LogP contribution in [0.25, 0.3) is 22.2 Å². The van der Waals surface area contributed by atoms with Crippen molar-refractivity contribution in [3.63, 3.8) is 0 Å². The van der Waals surface area contributed by atoms with Crippen LogP contribution in [0.1, 0.15) is 59.4 Å². The molecule has 42 heavy (non-hydrogen) atoms. The third-order valence-corrected chi connectivity index (χ3v) is 8.15. The number of benzene rings is 1. The molecule has 8 nitrogen and oxygen atoms in total. The number of carbonyl (C=O) groups excluding carboxylic acids is 1. The number of carbonyl (C=O) groups is 1. The van der Waals surface area contributed by atoms with Crippen molar-refractivity contribution >= 4 is 16.9 Å². The zero-order valence-corrected chi connectivity index (χ0v) is 22.2. The highest BCUT2D eigenvalue weighted by molar-refractivity contribution is 5.82. The van der Waals surface area contributed by atoms with Crippen LogP contribution in [-0.2, 0) is 24.2 Å². The smallest absolute Gasteiger partial charge is 0.282 e. The van der Waals surface area contributed by atoms with Gasteiger partial charge in [0, 0.05) is 58.3 Å². The lowest BCUT2D eigenvalue weighted by molar-refractivity contribution is -0.122. The van der Waals surface area contributed by atoms with E-state index in [1.807, 2.05) is 12.1 Å². The second-order valence-electron chi connectivity index (χ2n) is 10.9. The number of hydrogen-bond donors (Lipinski definition) is 2. The molecule has 1 aromatic carbocycles. The van der Waals surface area contributed by atoms with Crippen LogP contribution in [0.4, 0.5) is 17.6 Å². The van der Waals surface area contributed by atoms with Crippen molar-refractivity contribution in [3.05, 3.63) is 95.1 Å². The van der Waals surface area contributed by atoms with Crippen LogP contribution in [-0.4, -0.2) is 35.6 Å². The van der Waals surface area contributed by atoms with Gasteiger partial charge in [0.25, 0.3) is 6.43 Å². The van der Waals surface area contributed by atoms with E-state index in [4.69, 9.17) is 0 Å². The van der Waals surface area contributed by atoms with Gasteiger partial charge in [-0.25, -0.2) is 32.5 Å². The molecule has 0 bridgehead atoms. The Balaban J connectivity index is 1.24. The number of fused-ring (bicyclic) bond motifs is 4. The third kappa shape index (κ3) is 4.90. The molecule has 214 valence electrons. The summed E-state index contributed by atoms with van der Waals surface area (Å²) in [6.07, 6.45) is 5.89. The summed E-state index contributed by atoms with van der Waals surface area (Å²) in [5.74, 6) is -1.42. The highest BCUT2D eigenvalue weighted by Crippen LogP contribution is 2.55. The molecule has 0 aliphatic heterocycles. The molecule has 0 saturated heterocycles. The molecular weight excluding hydrogens is 550 g/mol. The van der Waals surface area contributed by atoms with Gasteiger partial charge in [0.2, 0.25) is 5.91 Å². The minimum atomic E-state index is -2.73. The predicted molar refractivity (Wildman–Crippen MR) is 144 cm³/mol. The standard InChI is InChI=1S/C30H25F4N7O/c31-19-5-15(6-20(32)10-19)7-24(26-23(12-35-14-38-26)18-8-17-3-4-36-30(17)37-11-18)39-25(42)13-41-28-21(27(40-41)29(33)34)2-1-16-9-22(16)28/h3-6,8,10-12,14,16,22,24,29H,1-2,7,9,13H2,(H,36,37)(H,39,42)/t16-,22?,24-/m1/s1. The molecule has 3 atom stereocenters. The summed E-state index contributed by atoms with van der Waals surface area (Å²) in [5, 5.41) is 7.94. The molecule has 0 spiro atoms. The first-order chi connectivity index (χ1) is 20.3. The highest BCUT2D eigenvalue weighted by atomic mass is 19.3. The monoisotopic (exact) mass is 575 g/mol. The maximum absolute atomic E-state index is 14.1. The van der Waals surface area contributed by atoms with Gasteiger partial charge >= 0.3 is 0 Å². The number of alkyl halides is 2. The van der Waals surface area contributed by atoms with E-state index in [0.717, 1.165) is 24.3 Å². The zero-order chi connectivity index (χ0) is 29.0. The largest absolute Gasteiger partial charge is 0.346 e. The fraction of sp³-hybridized carbons (Fsp3) is 0.300. The van der Waals surface area contributed by atoms with Crippen LogP contribution >= 0.6 is 0 Å². The predicted octanol–water partition coefficient (Wildman–Crippen LogP) is 5.58. The Bertz CT molecular complexity index is 1800. The van der Waals surface area contributed by atoms with Gasteiger partial charge in [0.1, 0.15) is 35.8 Å². The maximum atomic E-state index is 14.1. The van der Waals surface area contributed by atoms with Crippen molar-refractivity contribution in [2.75, 3.05) is 0 Å². The van der Waals surface area contributed by atoms with Gasteiger partial charge in [0.15, 0.2) is 0 Å². The molecule has 0 radical (unpaired) electrons. The van der Waals surface area contributed by atoms with Crippen molar-refractivity contribution in [2.24, 2.45) is 5.92 Å². The summed E-state index contributed by atoms with van der Waals surface area (Å²) in [5.41, 5.74) is 3.68. The molecule has 2 aliphatic rings. The second kappa shape index (κ2) is 10.3. The van der Waals surface area contributed by atoms with E-state index >= 15 is 0 Å². The third-order valence-electron chi connectivity index (χ3n) is 8.15. The van der Waals surface area contributed by atoms with Crippen LogP contribution < -0.4 is 5.32 Å². The molecule has 1 amide bonds. The maximum Gasteiger partial charge on any atom is 0.282 e. The topological polar surface area (TPSA) is 101 Å². The van der Waals surface area contributed by atoms with Crippen molar-refractivity contribution < 1.29 is 22.4 Å². The molecule has 5 aromatic rings. The first kappa shape index (κ1) is 26.3. The summed E-state index contributed by atoms with van der Waals surface area (Å²) in [6.45, 7) is -0.274. The first-order valence-corrected chi connectivity index (χ1v) is 13.7. The van der Waals surface area contributed by atoms with E-state index in [1.54, 1.807) is 18.6 Å². The SMILES string of the molecule is O=C(Cn1nc(C(F)F)c2c1C1C[C@H]1CC2)N[C@H](Cc1cc(F)cc(F)c1)c1ncncc1-c1cnc2[nH]ccc2c1. The molecule has 2 aliphatic carbocycles. The number of H-pyrrole nitrogens is 1.